The number of aromatic nitrogens is 3. The fourth-order valence-electron chi connectivity index (χ4n) is 3.83. The summed E-state index contributed by atoms with van der Waals surface area (Å²) in [5.74, 6) is 0.446. The molecule has 1 aliphatic rings. The van der Waals surface area contributed by atoms with Gasteiger partial charge in [0.05, 0.1) is 11.9 Å². The van der Waals surface area contributed by atoms with Crippen molar-refractivity contribution < 1.29 is 4.79 Å². The SMILES string of the molecule is CN1CCN(Cc2ccc(NC(=O)c3[nH]ncc3Nc3nccc4sccc34)cc2)CC1. The van der Waals surface area contributed by atoms with E-state index in [0.717, 1.165) is 48.5 Å². The molecule has 0 bridgehead atoms. The Morgan fingerprint density at radius 3 is 2.75 bits per heavy atom. The summed E-state index contributed by atoms with van der Waals surface area (Å²) in [6.07, 6.45) is 3.35. The number of nitrogens with zero attached hydrogens (tertiary/aromatic N) is 4. The maximum Gasteiger partial charge on any atom is 0.275 e. The second kappa shape index (κ2) is 9.07. The number of benzene rings is 1. The first kappa shape index (κ1) is 20.6. The van der Waals surface area contributed by atoms with Crippen LogP contribution in [0.15, 0.2) is 54.2 Å². The van der Waals surface area contributed by atoms with Gasteiger partial charge in [0.25, 0.3) is 5.91 Å². The maximum atomic E-state index is 12.9. The summed E-state index contributed by atoms with van der Waals surface area (Å²) in [5.41, 5.74) is 2.93. The van der Waals surface area contributed by atoms with E-state index in [1.165, 1.54) is 5.56 Å². The van der Waals surface area contributed by atoms with E-state index >= 15 is 0 Å². The Balaban J connectivity index is 1.24. The topological polar surface area (TPSA) is 89.2 Å². The molecule has 9 heteroatoms. The van der Waals surface area contributed by atoms with Crippen LogP contribution >= 0.6 is 11.3 Å². The Hall–Kier alpha value is -3.27. The van der Waals surface area contributed by atoms with E-state index in [9.17, 15) is 4.79 Å². The first-order valence-corrected chi connectivity index (χ1v) is 11.5. The summed E-state index contributed by atoms with van der Waals surface area (Å²) in [6, 6.07) is 12.0. The Morgan fingerprint density at radius 1 is 1.12 bits per heavy atom. The minimum absolute atomic E-state index is 0.255. The van der Waals surface area contributed by atoms with E-state index in [1.807, 2.05) is 29.6 Å². The number of nitrogens with one attached hydrogen (secondary N) is 3. The summed E-state index contributed by atoms with van der Waals surface area (Å²) in [4.78, 5) is 22.1. The second-order valence-corrected chi connectivity index (χ2v) is 8.95. The summed E-state index contributed by atoms with van der Waals surface area (Å²) < 4.78 is 1.13. The van der Waals surface area contributed by atoms with Crippen LogP contribution in [0.5, 0.6) is 0 Å². The van der Waals surface area contributed by atoms with Crippen LogP contribution < -0.4 is 10.6 Å². The quantitative estimate of drug-likeness (QED) is 0.417. The number of thiophene rings is 1. The van der Waals surface area contributed by atoms with Crippen molar-refractivity contribution in [2.24, 2.45) is 0 Å². The van der Waals surface area contributed by atoms with Crippen LogP contribution in [0.2, 0.25) is 0 Å². The van der Waals surface area contributed by atoms with Crippen molar-refractivity contribution in [1.29, 1.82) is 0 Å². The minimum atomic E-state index is -0.255. The standard InChI is InChI=1S/C23H25N7OS/c1-29-9-11-30(12-10-29)15-16-2-4-17(5-3-16)26-23(31)21-19(14-25-28-21)27-22-18-7-13-32-20(18)6-8-24-22/h2-8,13-14H,9-12,15H2,1H3,(H,24,27)(H,25,28)(H,26,31). The third kappa shape index (κ3) is 4.50. The molecule has 4 heterocycles. The average molecular weight is 448 g/mol. The van der Waals surface area contributed by atoms with Gasteiger partial charge in [-0.3, -0.25) is 14.8 Å². The Kier molecular flexibility index (Phi) is 5.85. The lowest BCUT2D eigenvalue weighted by atomic mass is 10.1. The lowest BCUT2D eigenvalue weighted by Crippen LogP contribution is -2.43. The zero-order chi connectivity index (χ0) is 21.9. The van der Waals surface area contributed by atoms with Crippen LogP contribution in [0.4, 0.5) is 17.2 Å². The number of rotatable bonds is 6. The number of anilines is 3. The molecule has 164 valence electrons. The molecule has 4 aromatic rings. The first-order valence-electron chi connectivity index (χ1n) is 10.6. The van der Waals surface area contributed by atoms with Gasteiger partial charge in [0.15, 0.2) is 0 Å². The average Bonchev–Trinajstić information content (AvgIpc) is 3.47. The van der Waals surface area contributed by atoms with Gasteiger partial charge in [0, 0.05) is 54.7 Å². The van der Waals surface area contributed by atoms with Crippen molar-refractivity contribution in [2.75, 3.05) is 43.9 Å². The van der Waals surface area contributed by atoms with Gasteiger partial charge < -0.3 is 15.5 Å². The molecule has 3 N–H and O–H groups in total. The van der Waals surface area contributed by atoms with Crippen molar-refractivity contribution in [3.8, 4) is 0 Å². The number of fused-ring (bicyclic) bond motifs is 1. The maximum absolute atomic E-state index is 12.9. The Labute approximate surface area is 190 Å². The van der Waals surface area contributed by atoms with E-state index in [2.05, 4.69) is 54.8 Å². The molecule has 1 aliphatic heterocycles. The molecule has 0 saturated carbocycles. The number of amides is 1. The molecule has 5 rings (SSSR count). The van der Waals surface area contributed by atoms with Crippen molar-refractivity contribution in [1.82, 2.24) is 25.0 Å². The first-order chi connectivity index (χ1) is 15.7. The lowest BCUT2D eigenvalue weighted by Gasteiger charge is -2.32. The van der Waals surface area contributed by atoms with Gasteiger partial charge in [-0.15, -0.1) is 11.3 Å². The molecule has 1 amide bonds. The van der Waals surface area contributed by atoms with Gasteiger partial charge in [0.2, 0.25) is 0 Å². The lowest BCUT2D eigenvalue weighted by molar-refractivity contribution is 0.102. The van der Waals surface area contributed by atoms with Crippen molar-refractivity contribution in [3.05, 3.63) is 65.4 Å². The highest BCUT2D eigenvalue weighted by Crippen LogP contribution is 2.29. The number of likely N-dealkylation sites (N-methyl/N-ethyl adjacent to an activating group) is 1. The van der Waals surface area contributed by atoms with Gasteiger partial charge in [-0.2, -0.15) is 5.10 Å². The molecule has 8 nitrogen and oxygen atoms in total. The second-order valence-electron chi connectivity index (χ2n) is 8.01. The third-order valence-electron chi connectivity index (χ3n) is 5.71. The summed E-state index contributed by atoms with van der Waals surface area (Å²) >= 11 is 1.65. The number of pyridine rings is 1. The highest BCUT2D eigenvalue weighted by Gasteiger charge is 2.17. The van der Waals surface area contributed by atoms with Gasteiger partial charge in [-0.05, 0) is 42.3 Å². The van der Waals surface area contributed by atoms with Crippen LogP contribution in [0.25, 0.3) is 10.1 Å². The number of hydrogen-bond acceptors (Lipinski definition) is 7. The molecular formula is C23H25N7OS. The number of carbonyl (C=O) groups excluding carboxylic acids is 1. The van der Waals surface area contributed by atoms with Crippen LogP contribution in [-0.4, -0.2) is 64.1 Å². The molecule has 0 radical (unpaired) electrons. The summed E-state index contributed by atoms with van der Waals surface area (Å²) in [5, 5.41) is 16.1. The normalized spacial score (nSPS) is 15.2. The van der Waals surface area contributed by atoms with E-state index in [4.69, 9.17) is 0 Å². The predicted octanol–water partition coefficient (Wildman–Crippen LogP) is 3.76. The van der Waals surface area contributed by atoms with E-state index in [1.54, 1.807) is 23.7 Å². The van der Waals surface area contributed by atoms with E-state index in [-0.39, 0.29) is 5.91 Å². The van der Waals surface area contributed by atoms with Gasteiger partial charge >= 0.3 is 0 Å². The zero-order valence-electron chi connectivity index (χ0n) is 17.8. The largest absolute Gasteiger partial charge is 0.336 e. The number of piperazine rings is 1. The van der Waals surface area contributed by atoms with Gasteiger partial charge in [-0.1, -0.05) is 12.1 Å². The molecule has 0 unspecified atom stereocenters. The van der Waals surface area contributed by atoms with Crippen LogP contribution in [0.3, 0.4) is 0 Å². The summed E-state index contributed by atoms with van der Waals surface area (Å²) in [7, 11) is 2.16. The minimum Gasteiger partial charge on any atom is -0.336 e. The molecule has 1 saturated heterocycles. The Bertz CT molecular complexity index is 1210. The van der Waals surface area contributed by atoms with Crippen molar-refractivity contribution >= 4 is 44.5 Å². The monoisotopic (exact) mass is 447 g/mol. The molecule has 32 heavy (non-hydrogen) atoms. The molecule has 3 aromatic heterocycles. The highest BCUT2D eigenvalue weighted by atomic mass is 32.1. The van der Waals surface area contributed by atoms with Crippen molar-refractivity contribution in [2.45, 2.75) is 6.54 Å². The molecule has 0 atom stereocenters. The number of aromatic amines is 1. The number of H-pyrrole nitrogens is 1. The zero-order valence-corrected chi connectivity index (χ0v) is 18.7. The van der Waals surface area contributed by atoms with Gasteiger partial charge in [0.1, 0.15) is 11.5 Å². The highest BCUT2D eigenvalue weighted by molar-refractivity contribution is 7.17. The number of hydrogen-bond donors (Lipinski definition) is 3. The van der Waals surface area contributed by atoms with Crippen LogP contribution in [-0.2, 0) is 6.54 Å². The number of carbonyl (C=O) groups is 1. The van der Waals surface area contributed by atoms with E-state index < -0.39 is 0 Å². The summed E-state index contributed by atoms with van der Waals surface area (Å²) in [6.45, 7) is 5.30. The fourth-order valence-corrected chi connectivity index (χ4v) is 4.61. The molecule has 0 aliphatic carbocycles. The molecule has 1 fully saturated rings. The molecule has 1 aromatic carbocycles. The van der Waals surface area contributed by atoms with Crippen LogP contribution in [0, 0.1) is 0 Å². The molecular weight excluding hydrogens is 422 g/mol. The smallest absolute Gasteiger partial charge is 0.275 e. The Morgan fingerprint density at radius 2 is 1.94 bits per heavy atom. The van der Waals surface area contributed by atoms with Crippen molar-refractivity contribution in [3.63, 3.8) is 0 Å². The van der Waals surface area contributed by atoms with Gasteiger partial charge in [-0.25, -0.2) is 4.98 Å². The van der Waals surface area contributed by atoms with Crippen LogP contribution in [0.1, 0.15) is 16.1 Å². The fraction of sp³-hybridized carbons (Fsp3) is 0.261. The predicted molar refractivity (Wildman–Crippen MR) is 129 cm³/mol. The third-order valence-corrected chi connectivity index (χ3v) is 6.60. The van der Waals surface area contributed by atoms with E-state index in [0.29, 0.717) is 17.2 Å². The molecule has 0 spiro atoms.